The van der Waals surface area contributed by atoms with Crippen molar-refractivity contribution < 1.29 is 13.9 Å². The Morgan fingerprint density at radius 1 is 1.56 bits per heavy atom. The summed E-state index contributed by atoms with van der Waals surface area (Å²) >= 11 is 1.15. The van der Waals surface area contributed by atoms with E-state index in [4.69, 9.17) is 0 Å². The molecule has 0 spiro atoms. The first-order valence-corrected chi connectivity index (χ1v) is 5.25. The van der Waals surface area contributed by atoms with Crippen molar-refractivity contribution in [2.75, 3.05) is 7.11 Å². The van der Waals surface area contributed by atoms with Crippen molar-refractivity contribution in [2.24, 2.45) is 0 Å². The highest BCUT2D eigenvalue weighted by Gasteiger charge is 2.14. The lowest BCUT2D eigenvalue weighted by atomic mass is 10.3. The Balaban J connectivity index is 2.39. The van der Waals surface area contributed by atoms with Gasteiger partial charge in [-0.25, -0.2) is 14.2 Å². The molecule has 0 bridgehead atoms. The fourth-order valence-electron chi connectivity index (χ4n) is 1.12. The second kappa shape index (κ2) is 4.36. The number of aromatic nitrogens is 2. The molecular weight excluding hydrogens is 231 g/mol. The van der Waals surface area contributed by atoms with E-state index in [2.05, 4.69) is 14.7 Å². The first-order chi connectivity index (χ1) is 7.72. The van der Waals surface area contributed by atoms with Crippen LogP contribution in [0.1, 0.15) is 10.5 Å². The number of thiazole rings is 1. The van der Waals surface area contributed by atoms with Gasteiger partial charge in [-0.2, -0.15) is 0 Å². The van der Waals surface area contributed by atoms with Gasteiger partial charge in [-0.1, -0.05) is 0 Å². The minimum absolute atomic E-state index is 0.141. The van der Waals surface area contributed by atoms with Crippen LogP contribution in [0.4, 0.5) is 4.39 Å². The first kappa shape index (κ1) is 10.7. The zero-order valence-electron chi connectivity index (χ0n) is 8.31. The Hall–Kier alpha value is -1.82. The number of pyridine rings is 1. The standard InChI is InChI=1S/C10H7FN2O2S/c1-15-10(14)7-5-16-9(13-7)8-6(11)3-2-4-12-8/h2-5H,1H3. The highest BCUT2D eigenvalue weighted by atomic mass is 32.1. The fraction of sp³-hybridized carbons (Fsp3) is 0.100. The molecular formula is C10H7FN2O2S. The van der Waals surface area contributed by atoms with Gasteiger partial charge in [0.2, 0.25) is 0 Å². The molecule has 2 aromatic rings. The number of esters is 1. The molecule has 4 nitrogen and oxygen atoms in total. The number of carbonyl (C=O) groups excluding carboxylic acids is 1. The number of ether oxygens (including phenoxy) is 1. The topological polar surface area (TPSA) is 52.1 Å². The van der Waals surface area contributed by atoms with Crippen molar-refractivity contribution >= 4 is 17.3 Å². The highest BCUT2D eigenvalue weighted by molar-refractivity contribution is 7.13. The maximum absolute atomic E-state index is 13.4. The van der Waals surface area contributed by atoms with Gasteiger partial charge in [-0.3, -0.25) is 4.98 Å². The van der Waals surface area contributed by atoms with Crippen molar-refractivity contribution in [2.45, 2.75) is 0 Å². The quantitative estimate of drug-likeness (QED) is 0.752. The summed E-state index contributed by atoms with van der Waals surface area (Å²) in [5.41, 5.74) is 0.301. The van der Waals surface area contributed by atoms with Gasteiger partial charge in [-0.15, -0.1) is 11.3 Å². The normalized spacial score (nSPS) is 10.1. The second-order valence-corrected chi connectivity index (χ2v) is 3.72. The molecule has 0 amide bonds. The Labute approximate surface area is 94.7 Å². The maximum atomic E-state index is 13.4. The van der Waals surface area contributed by atoms with Gasteiger partial charge in [0.05, 0.1) is 7.11 Å². The summed E-state index contributed by atoms with van der Waals surface area (Å²) in [6.07, 6.45) is 1.47. The van der Waals surface area contributed by atoms with Crippen LogP contribution in [0.15, 0.2) is 23.7 Å². The summed E-state index contributed by atoms with van der Waals surface area (Å²) in [5, 5.41) is 1.87. The summed E-state index contributed by atoms with van der Waals surface area (Å²) in [6, 6.07) is 2.79. The van der Waals surface area contributed by atoms with Gasteiger partial charge in [0.15, 0.2) is 11.5 Å². The van der Waals surface area contributed by atoms with Gasteiger partial charge in [0.1, 0.15) is 10.7 Å². The molecule has 0 unspecified atom stereocenters. The Morgan fingerprint density at radius 2 is 2.38 bits per heavy atom. The van der Waals surface area contributed by atoms with E-state index in [1.165, 1.54) is 30.8 Å². The number of halogens is 1. The molecule has 0 saturated carbocycles. The Morgan fingerprint density at radius 3 is 3.06 bits per heavy atom. The summed E-state index contributed by atoms with van der Waals surface area (Å²) in [4.78, 5) is 19.0. The van der Waals surface area contributed by atoms with Crippen molar-refractivity contribution in [3.05, 3.63) is 35.2 Å². The van der Waals surface area contributed by atoms with E-state index in [0.717, 1.165) is 11.3 Å². The summed E-state index contributed by atoms with van der Waals surface area (Å²) in [5.74, 6) is -1.01. The van der Waals surface area contributed by atoms with E-state index in [1.54, 1.807) is 0 Å². The van der Waals surface area contributed by atoms with Crippen LogP contribution in [0, 0.1) is 5.82 Å². The molecule has 82 valence electrons. The van der Waals surface area contributed by atoms with Gasteiger partial charge in [0.25, 0.3) is 0 Å². The SMILES string of the molecule is COC(=O)c1csc(-c2ncccc2F)n1. The summed E-state index contributed by atoms with van der Waals surface area (Å²) < 4.78 is 17.9. The third-order valence-electron chi connectivity index (χ3n) is 1.86. The largest absolute Gasteiger partial charge is 0.464 e. The van der Waals surface area contributed by atoms with Crippen LogP contribution < -0.4 is 0 Å². The van der Waals surface area contributed by atoms with Crippen LogP contribution in [0.25, 0.3) is 10.7 Å². The Kier molecular flexibility index (Phi) is 2.91. The summed E-state index contributed by atoms with van der Waals surface area (Å²) in [6.45, 7) is 0. The number of hydrogen-bond acceptors (Lipinski definition) is 5. The van der Waals surface area contributed by atoms with E-state index in [9.17, 15) is 9.18 Å². The van der Waals surface area contributed by atoms with E-state index in [0.29, 0.717) is 5.01 Å². The highest BCUT2D eigenvalue weighted by Crippen LogP contribution is 2.24. The third kappa shape index (κ3) is 1.92. The molecule has 2 heterocycles. The first-order valence-electron chi connectivity index (χ1n) is 4.37. The van der Waals surface area contributed by atoms with Crippen LogP contribution in [0.2, 0.25) is 0 Å². The number of nitrogens with zero attached hydrogens (tertiary/aromatic N) is 2. The Bertz CT molecular complexity index is 527. The van der Waals surface area contributed by atoms with Crippen LogP contribution in [-0.4, -0.2) is 23.0 Å². The lowest BCUT2D eigenvalue weighted by Gasteiger charge is -1.96. The molecule has 0 aromatic carbocycles. The molecule has 2 aromatic heterocycles. The summed E-state index contributed by atoms with van der Waals surface area (Å²) in [7, 11) is 1.27. The van der Waals surface area contributed by atoms with Crippen LogP contribution in [0.3, 0.4) is 0 Å². The smallest absolute Gasteiger partial charge is 0.357 e. The third-order valence-corrected chi connectivity index (χ3v) is 2.71. The monoisotopic (exact) mass is 238 g/mol. The van der Waals surface area contributed by atoms with Gasteiger partial charge >= 0.3 is 5.97 Å². The lowest BCUT2D eigenvalue weighted by molar-refractivity contribution is 0.0595. The molecule has 0 aliphatic carbocycles. The van der Waals surface area contributed by atoms with E-state index >= 15 is 0 Å². The number of carbonyl (C=O) groups is 1. The van der Waals surface area contributed by atoms with Crippen LogP contribution >= 0.6 is 11.3 Å². The van der Waals surface area contributed by atoms with E-state index in [1.807, 2.05) is 0 Å². The van der Waals surface area contributed by atoms with Crippen LogP contribution in [-0.2, 0) is 4.74 Å². The predicted molar refractivity (Wildman–Crippen MR) is 56.6 cm³/mol. The molecule has 16 heavy (non-hydrogen) atoms. The maximum Gasteiger partial charge on any atom is 0.357 e. The van der Waals surface area contributed by atoms with E-state index < -0.39 is 11.8 Å². The molecule has 0 aliphatic rings. The zero-order valence-corrected chi connectivity index (χ0v) is 9.12. The molecule has 0 atom stereocenters. The van der Waals surface area contributed by atoms with E-state index in [-0.39, 0.29) is 11.4 Å². The number of hydrogen-bond donors (Lipinski definition) is 0. The molecule has 0 N–H and O–H groups in total. The predicted octanol–water partition coefficient (Wildman–Crippen LogP) is 2.13. The molecule has 0 aliphatic heterocycles. The molecule has 0 fully saturated rings. The number of methoxy groups -OCH3 is 1. The van der Waals surface area contributed by atoms with Crippen molar-refractivity contribution in [3.8, 4) is 10.7 Å². The molecule has 2 rings (SSSR count). The van der Waals surface area contributed by atoms with Crippen LogP contribution in [0.5, 0.6) is 0 Å². The van der Waals surface area contributed by atoms with Gasteiger partial charge in [-0.05, 0) is 12.1 Å². The lowest BCUT2D eigenvalue weighted by Crippen LogP contribution is -2.01. The average molecular weight is 238 g/mol. The minimum atomic E-state index is -0.543. The van der Waals surface area contributed by atoms with Crippen molar-refractivity contribution in [1.29, 1.82) is 0 Å². The van der Waals surface area contributed by atoms with Gasteiger partial charge in [0, 0.05) is 11.6 Å². The molecule has 0 radical (unpaired) electrons. The van der Waals surface area contributed by atoms with Crippen molar-refractivity contribution in [1.82, 2.24) is 9.97 Å². The van der Waals surface area contributed by atoms with Gasteiger partial charge < -0.3 is 4.74 Å². The second-order valence-electron chi connectivity index (χ2n) is 2.86. The molecule has 6 heteroatoms. The average Bonchev–Trinajstić information content (AvgIpc) is 2.78. The number of rotatable bonds is 2. The fourth-order valence-corrected chi connectivity index (χ4v) is 1.91. The molecule has 0 saturated heterocycles. The zero-order chi connectivity index (χ0) is 11.5. The van der Waals surface area contributed by atoms with Crippen molar-refractivity contribution in [3.63, 3.8) is 0 Å². The minimum Gasteiger partial charge on any atom is -0.464 e.